The molecule has 0 aliphatic rings. The molecule has 5 nitrogen and oxygen atoms in total. The summed E-state index contributed by atoms with van der Waals surface area (Å²) in [6.07, 6.45) is 0. The number of rotatable bonds is 5. The third-order valence-electron chi connectivity index (χ3n) is 3.72. The van der Waals surface area contributed by atoms with Crippen LogP contribution in [0.3, 0.4) is 0 Å². The Kier molecular flexibility index (Phi) is 5.86. The molecule has 3 rings (SSSR count). The molecule has 1 aromatic heterocycles. The summed E-state index contributed by atoms with van der Waals surface area (Å²) in [7, 11) is 1.87. The molecule has 2 aromatic carbocycles. The van der Waals surface area contributed by atoms with Gasteiger partial charge in [0.25, 0.3) is 0 Å². The number of thioether (sulfide) groups is 1. The first-order valence-electron chi connectivity index (χ1n) is 7.83. The van der Waals surface area contributed by atoms with Crippen LogP contribution in [0.2, 0.25) is 10.0 Å². The number of aromatic nitrogens is 3. The zero-order valence-electron chi connectivity index (χ0n) is 14.1. The minimum absolute atomic E-state index is 0.154. The average Bonchev–Trinajstić information content (AvgIpc) is 2.98. The van der Waals surface area contributed by atoms with Crippen molar-refractivity contribution in [1.29, 1.82) is 0 Å². The van der Waals surface area contributed by atoms with E-state index < -0.39 is 0 Å². The highest BCUT2D eigenvalue weighted by Crippen LogP contribution is 2.28. The normalized spacial score (nSPS) is 12.0. The molecule has 3 aromatic rings. The van der Waals surface area contributed by atoms with Gasteiger partial charge in [0, 0.05) is 17.6 Å². The number of hydrogen-bond donors (Lipinski definition) is 1. The number of hydrogen-bond acceptors (Lipinski definition) is 4. The van der Waals surface area contributed by atoms with Gasteiger partial charge in [0.2, 0.25) is 5.91 Å². The van der Waals surface area contributed by atoms with Gasteiger partial charge >= 0.3 is 0 Å². The second kappa shape index (κ2) is 8.12. The number of carbonyl (C=O) groups excluding carboxylic acids is 1. The van der Waals surface area contributed by atoms with Gasteiger partial charge in [-0.25, -0.2) is 0 Å². The van der Waals surface area contributed by atoms with Gasteiger partial charge in [-0.3, -0.25) is 4.79 Å². The average molecular weight is 407 g/mol. The van der Waals surface area contributed by atoms with Crippen molar-refractivity contribution in [3.05, 3.63) is 58.6 Å². The van der Waals surface area contributed by atoms with Crippen molar-refractivity contribution in [1.82, 2.24) is 14.8 Å². The van der Waals surface area contributed by atoms with Crippen LogP contribution in [0.4, 0.5) is 5.69 Å². The first-order valence-corrected chi connectivity index (χ1v) is 9.46. The highest BCUT2D eigenvalue weighted by Gasteiger charge is 2.20. The van der Waals surface area contributed by atoms with Crippen LogP contribution in [0.5, 0.6) is 0 Å². The number of nitrogens with one attached hydrogen (secondary N) is 1. The third kappa shape index (κ3) is 4.20. The molecule has 26 heavy (non-hydrogen) atoms. The van der Waals surface area contributed by atoms with Crippen LogP contribution in [-0.2, 0) is 11.8 Å². The molecule has 134 valence electrons. The number of halogens is 2. The van der Waals surface area contributed by atoms with Gasteiger partial charge in [-0.1, -0.05) is 47.1 Å². The van der Waals surface area contributed by atoms with Crippen LogP contribution < -0.4 is 5.32 Å². The van der Waals surface area contributed by atoms with Gasteiger partial charge in [-0.15, -0.1) is 10.2 Å². The maximum Gasteiger partial charge on any atom is 0.237 e. The number of amides is 1. The number of benzene rings is 2. The number of anilines is 1. The van der Waals surface area contributed by atoms with E-state index in [1.807, 2.05) is 42.8 Å². The second-order valence-electron chi connectivity index (χ2n) is 5.60. The van der Waals surface area contributed by atoms with E-state index in [1.54, 1.807) is 24.3 Å². The summed E-state index contributed by atoms with van der Waals surface area (Å²) in [6, 6.07) is 14.5. The quantitative estimate of drug-likeness (QED) is 0.611. The van der Waals surface area contributed by atoms with E-state index in [1.165, 1.54) is 11.8 Å². The van der Waals surface area contributed by atoms with Gasteiger partial charge in [0.05, 0.1) is 16.0 Å². The molecule has 0 aliphatic heterocycles. The van der Waals surface area contributed by atoms with Gasteiger partial charge in [0.15, 0.2) is 11.0 Å². The zero-order chi connectivity index (χ0) is 18.7. The van der Waals surface area contributed by atoms with E-state index >= 15 is 0 Å². The van der Waals surface area contributed by atoms with Crippen LogP contribution in [0, 0.1) is 0 Å². The fourth-order valence-corrected chi connectivity index (χ4v) is 3.40. The molecule has 1 N–H and O–H groups in total. The molecular formula is C18H16Cl2N4OS. The van der Waals surface area contributed by atoms with E-state index in [-0.39, 0.29) is 11.2 Å². The van der Waals surface area contributed by atoms with Crippen LogP contribution in [-0.4, -0.2) is 25.9 Å². The Morgan fingerprint density at radius 3 is 2.50 bits per heavy atom. The third-order valence-corrected chi connectivity index (χ3v) is 5.44. The molecule has 0 saturated heterocycles. The summed E-state index contributed by atoms with van der Waals surface area (Å²) in [5.41, 5.74) is 1.50. The maximum atomic E-state index is 12.4. The molecule has 1 amide bonds. The smallest absolute Gasteiger partial charge is 0.237 e. The fourth-order valence-electron chi connectivity index (χ4n) is 2.28. The van der Waals surface area contributed by atoms with E-state index in [9.17, 15) is 4.79 Å². The zero-order valence-corrected chi connectivity index (χ0v) is 16.4. The van der Waals surface area contributed by atoms with E-state index in [0.717, 1.165) is 5.56 Å². The Hall–Kier alpha value is -2.02. The lowest BCUT2D eigenvalue weighted by atomic mass is 10.2. The topological polar surface area (TPSA) is 59.8 Å². The predicted octanol–water partition coefficient (Wildman–Crippen LogP) is 4.91. The Labute approximate surface area is 165 Å². The lowest BCUT2D eigenvalue weighted by Crippen LogP contribution is -2.23. The largest absolute Gasteiger partial charge is 0.324 e. The minimum Gasteiger partial charge on any atom is -0.324 e. The summed E-state index contributed by atoms with van der Waals surface area (Å²) >= 11 is 13.3. The highest BCUT2D eigenvalue weighted by atomic mass is 35.5. The summed E-state index contributed by atoms with van der Waals surface area (Å²) in [5.74, 6) is 0.557. The molecule has 1 unspecified atom stereocenters. The Morgan fingerprint density at radius 1 is 1.12 bits per heavy atom. The Morgan fingerprint density at radius 2 is 1.81 bits per heavy atom. The second-order valence-corrected chi connectivity index (χ2v) is 7.75. The van der Waals surface area contributed by atoms with Crippen molar-refractivity contribution in [3.63, 3.8) is 0 Å². The monoisotopic (exact) mass is 406 g/mol. The molecule has 0 fully saturated rings. The molecular weight excluding hydrogens is 391 g/mol. The molecule has 0 aliphatic carbocycles. The highest BCUT2D eigenvalue weighted by molar-refractivity contribution is 8.00. The summed E-state index contributed by atoms with van der Waals surface area (Å²) in [6.45, 7) is 1.81. The standard InChI is InChI=1S/C18H16Cl2N4OS/c1-11(17(25)21-15-6-4-3-5-14(15)20)26-18-23-22-16(24(18)2)12-7-9-13(19)10-8-12/h3-11H,1-2H3,(H,21,25). The van der Waals surface area contributed by atoms with E-state index in [0.29, 0.717) is 26.7 Å². The van der Waals surface area contributed by atoms with Crippen molar-refractivity contribution < 1.29 is 4.79 Å². The van der Waals surface area contributed by atoms with Crippen LogP contribution in [0.1, 0.15) is 6.92 Å². The fraction of sp³-hybridized carbons (Fsp3) is 0.167. The van der Waals surface area contributed by atoms with Crippen LogP contribution in [0.15, 0.2) is 53.7 Å². The molecule has 1 heterocycles. The molecule has 1 atom stereocenters. The summed E-state index contributed by atoms with van der Waals surface area (Å²) in [4.78, 5) is 12.4. The van der Waals surface area contributed by atoms with Gasteiger partial charge in [-0.05, 0) is 43.3 Å². The first-order chi connectivity index (χ1) is 12.5. The molecule has 0 spiro atoms. The number of carbonyl (C=O) groups is 1. The number of nitrogens with zero attached hydrogens (tertiary/aromatic N) is 3. The lowest BCUT2D eigenvalue weighted by Gasteiger charge is -2.12. The lowest BCUT2D eigenvalue weighted by molar-refractivity contribution is -0.115. The maximum absolute atomic E-state index is 12.4. The Balaban J connectivity index is 1.71. The summed E-state index contributed by atoms with van der Waals surface area (Å²) < 4.78 is 1.85. The Bertz CT molecular complexity index is 927. The summed E-state index contributed by atoms with van der Waals surface area (Å²) in [5, 5.41) is 12.7. The van der Waals surface area contributed by atoms with Crippen LogP contribution in [0.25, 0.3) is 11.4 Å². The van der Waals surface area contributed by atoms with Gasteiger partial charge in [-0.2, -0.15) is 0 Å². The van der Waals surface area contributed by atoms with Crippen molar-refractivity contribution in [2.45, 2.75) is 17.3 Å². The molecule has 0 bridgehead atoms. The van der Waals surface area contributed by atoms with Crippen molar-refractivity contribution >= 4 is 46.6 Å². The molecule has 0 radical (unpaired) electrons. The first kappa shape index (κ1) is 18.8. The van der Waals surface area contributed by atoms with Gasteiger partial charge < -0.3 is 9.88 Å². The van der Waals surface area contributed by atoms with Crippen molar-refractivity contribution in [3.8, 4) is 11.4 Å². The predicted molar refractivity (Wildman–Crippen MR) is 107 cm³/mol. The molecule has 8 heteroatoms. The van der Waals surface area contributed by atoms with Gasteiger partial charge in [0.1, 0.15) is 0 Å². The van der Waals surface area contributed by atoms with Crippen molar-refractivity contribution in [2.75, 3.05) is 5.32 Å². The van der Waals surface area contributed by atoms with E-state index in [2.05, 4.69) is 15.5 Å². The van der Waals surface area contributed by atoms with E-state index in [4.69, 9.17) is 23.2 Å². The van der Waals surface area contributed by atoms with Crippen LogP contribution >= 0.6 is 35.0 Å². The number of para-hydroxylation sites is 1. The minimum atomic E-state index is -0.368. The molecule has 0 saturated carbocycles. The SMILES string of the molecule is CC(Sc1nnc(-c2ccc(Cl)cc2)n1C)C(=O)Nc1ccccc1Cl. The van der Waals surface area contributed by atoms with Crippen molar-refractivity contribution in [2.24, 2.45) is 7.05 Å².